The first-order chi connectivity index (χ1) is 13.2. The third-order valence-electron chi connectivity index (χ3n) is 3.72. The van der Waals surface area contributed by atoms with Crippen molar-refractivity contribution in [2.24, 2.45) is 0 Å². The molecule has 0 atom stereocenters. The molecule has 0 fully saturated rings. The smallest absolute Gasteiger partial charge is 0.293 e. The average molecular weight is 407 g/mol. The summed E-state index contributed by atoms with van der Waals surface area (Å²) in [4.78, 5) is 22.2. The fraction of sp³-hybridized carbons (Fsp3) is 0.278. The van der Waals surface area contributed by atoms with Crippen molar-refractivity contribution >= 4 is 27.1 Å². The molecule has 10 heteroatoms. The molecule has 2 aromatic rings. The molecular formula is C18H21N3O6S. The van der Waals surface area contributed by atoms with Gasteiger partial charge in [-0.15, -0.1) is 0 Å². The molecule has 0 aliphatic rings. The van der Waals surface area contributed by atoms with Crippen LogP contribution in [0.25, 0.3) is 0 Å². The van der Waals surface area contributed by atoms with Crippen LogP contribution in [0.5, 0.6) is 5.75 Å². The number of ether oxygens (including phenoxy) is 1. The number of nitrogens with zero attached hydrogens (tertiary/aromatic N) is 1. The van der Waals surface area contributed by atoms with Crippen molar-refractivity contribution in [3.8, 4) is 5.75 Å². The second-order valence-electron chi connectivity index (χ2n) is 6.09. The molecule has 9 nitrogen and oxygen atoms in total. The van der Waals surface area contributed by atoms with Crippen LogP contribution in [0.4, 0.5) is 11.4 Å². The number of aryl methyl sites for hydroxylation is 1. The molecule has 0 aliphatic heterocycles. The van der Waals surface area contributed by atoms with E-state index in [-0.39, 0.29) is 41.9 Å². The molecule has 28 heavy (non-hydrogen) atoms. The van der Waals surface area contributed by atoms with E-state index in [9.17, 15) is 23.3 Å². The van der Waals surface area contributed by atoms with Crippen LogP contribution in [-0.2, 0) is 14.6 Å². The van der Waals surface area contributed by atoms with E-state index < -0.39 is 14.8 Å². The maximum atomic E-state index is 11.8. The molecule has 2 aromatic carbocycles. The first-order valence-corrected chi connectivity index (χ1v) is 10.2. The standard InChI is InChI=1S/C18H21N3O6S/c1-13-4-3-5-14(10-13)27-12-18(22)20-9-8-19-16-7-6-15(28(2,25)26)11-17(16)21(23)24/h3-7,10-11,19H,8-9,12H2,1-2H3,(H,20,22). The topological polar surface area (TPSA) is 128 Å². The van der Waals surface area contributed by atoms with Gasteiger partial charge in [0.25, 0.3) is 11.6 Å². The van der Waals surface area contributed by atoms with Gasteiger partial charge >= 0.3 is 0 Å². The average Bonchev–Trinajstić information content (AvgIpc) is 2.62. The number of nitro groups is 1. The second kappa shape index (κ2) is 9.18. The molecule has 0 bridgehead atoms. The molecule has 0 unspecified atom stereocenters. The van der Waals surface area contributed by atoms with E-state index in [0.29, 0.717) is 5.75 Å². The minimum absolute atomic E-state index is 0.133. The highest BCUT2D eigenvalue weighted by molar-refractivity contribution is 7.90. The number of anilines is 1. The van der Waals surface area contributed by atoms with Crippen LogP contribution in [-0.4, -0.2) is 45.2 Å². The number of rotatable bonds is 9. The number of nitro benzene ring substituents is 1. The van der Waals surface area contributed by atoms with Gasteiger partial charge in [-0.05, 0) is 36.8 Å². The highest BCUT2D eigenvalue weighted by Crippen LogP contribution is 2.27. The first-order valence-electron chi connectivity index (χ1n) is 8.35. The lowest BCUT2D eigenvalue weighted by atomic mass is 10.2. The number of amides is 1. The highest BCUT2D eigenvalue weighted by atomic mass is 32.2. The molecule has 2 N–H and O–H groups in total. The Hall–Kier alpha value is -3.14. The van der Waals surface area contributed by atoms with Crippen LogP contribution < -0.4 is 15.4 Å². The minimum atomic E-state index is -3.55. The van der Waals surface area contributed by atoms with Crippen LogP contribution in [0.3, 0.4) is 0 Å². The SMILES string of the molecule is Cc1cccc(OCC(=O)NCCNc2ccc(S(C)(=O)=O)cc2[N+](=O)[O-])c1. The Bertz CT molecular complexity index is 975. The maximum Gasteiger partial charge on any atom is 0.293 e. The van der Waals surface area contributed by atoms with Crippen molar-refractivity contribution in [3.05, 3.63) is 58.1 Å². The van der Waals surface area contributed by atoms with Gasteiger partial charge in [-0.1, -0.05) is 12.1 Å². The lowest BCUT2D eigenvalue weighted by molar-refractivity contribution is -0.384. The van der Waals surface area contributed by atoms with E-state index in [1.807, 2.05) is 25.1 Å². The Kier molecular flexibility index (Phi) is 6.94. The predicted molar refractivity (Wildman–Crippen MR) is 104 cm³/mol. The Morgan fingerprint density at radius 1 is 1.18 bits per heavy atom. The fourth-order valence-electron chi connectivity index (χ4n) is 2.35. The molecule has 1 amide bonds. The van der Waals surface area contributed by atoms with Crippen molar-refractivity contribution in [2.45, 2.75) is 11.8 Å². The van der Waals surface area contributed by atoms with Crippen LogP contribution >= 0.6 is 0 Å². The van der Waals surface area contributed by atoms with Crippen molar-refractivity contribution in [3.63, 3.8) is 0 Å². The van der Waals surface area contributed by atoms with E-state index in [1.54, 1.807) is 6.07 Å². The van der Waals surface area contributed by atoms with Gasteiger partial charge in [-0.25, -0.2) is 8.42 Å². The minimum Gasteiger partial charge on any atom is -0.484 e. The molecule has 0 saturated carbocycles. The summed E-state index contributed by atoms with van der Waals surface area (Å²) in [5, 5.41) is 16.6. The van der Waals surface area contributed by atoms with E-state index in [4.69, 9.17) is 4.74 Å². The summed E-state index contributed by atoms with van der Waals surface area (Å²) in [5.41, 5.74) is 0.838. The molecule has 0 heterocycles. The van der Waals surface area contributed by atoms with Gasteiger partial charge in [0.1, 0.15) is 11.4 Å². The number of sulfone groups is 1. The zero-order valence-electron chi connectivity index (χ0n) is 15.5. The highest BCUT2D eigenvalue weighted by Gasteiger charge is 2.18. The Labute approximate surface area is 162 Å². The third kappa shape index (κ3) is 6.23. The summed E-state index contributed by atoms with van der Waals surface area (Å²) in [6.07, 6.45) is 0.980. The summed E-state index contributed by atoms with van der Waals surface area (Å²) in [7, 11) is -3.55. The van der Waals surface area contributed by atoms with Gasteiger partial charge in [0.2, 0.25) is 0 Å². The second-order valence-corrected chi connectivity index (χ2v) is 8.11. The number of benzene rings is 2. The van der Waals surface area contributed by atoms with Gasteiger partial charge in [-0.3, -0.25) is 14.9 Å². The number of carbonyl (C=O) groups is 1. The van der Waals surface area contributed by atoms with Crippen molar-refractivity contribution < 1.29 is 22.9 Å². The zero-order valence-corrected chi connectivity index (χ0v) is 16.3. The third-order valence-corrected chi connectivity index (χ3v) is 4.83. The summed E-state index contributed by atoms with van der Waals surface area (Å²) in [6.45, 7) is 2.20. The van der Waals surface area contributed by atoms with Gasteiger partial charge in [0.05, 0.1) is 9.82 Å². The van der Waals surface area contributed by atoms with Gasteiger partial charge in [0.15, 0.2) is 16.4 Å². The van der Waals surface area contributed by atoms with Crippen molar-refractivity contribution in [1.29, 1.82) is 0 Å². The summed E-state index contributed by atoms with van der Waals surface area (Å²) in [5.74, 6) is 0.264. The van der Waals surface area contributed by atoms with Crippen molar-refractivity contribution in [2.75, 3.05) is 31.3 Å². The van der Waals surface area contributed by atoms with Gasteiger partial charge in [0, 0.05) is 25.4 Å². The van der Waals surface area contributed by atoms with Crippen LogP contribution in [0, 0.1) is 17.0 Å². The largest absolute Gasteiger partial charge is 0.484 e. The zero-order chi connectivity index (χ0) is 20.7. The Balaban J connectivity index is 1.84. The molecule has 2 rings (SSSR count). The molecular weight excluding hydrogens is 386 g/mol. The van der Waals surface area contributed by atoms with Crippen molar-refractivity contribution in [1.82, 2.24) is 5.32 Å². The summed E-state index contributed by atoms with van der Waals surface area (Å²) < 4.78 is 28.5. The number of carbonyl (C=O) groups excluding carboxylic acids is 1. The Morgan fingerprint density at radius 2 is 1.93 bits per heavy atom. The van der Waals surface area contributed by atoms with Gasteiger partial charge in [-0.2, -0.15) is 0 Å². The molecule has 0 spiro atoms. The number of hydrogen-bond donors (Lipinski definition) is 2. The molecule has 0 aromatic heterocycles. The fourth-order valence-corrected chi connectivity index (χ4v) is 2.99. The molecule has 0 saturated heterocycles. The van der Waals surface area contributed by atoms with Crippen LogP contribution in [0.2, 0.25) is 0 Å². The Morgan fingerprint density at radius 3 is 2.57 bits per heavy atom. The summed E-state index contributed by atoms with van der Waals surface area (Å²) >= 11 is 0. The number of nitrogens with one attached hydrogen (secondary N) is 2. The normalized spacial score (nSPS) is 10.9. The first kappa shape index (κ1) is 21.2. The van der Waals surface area contributed by atoms with Crippen LogP contribution in [0.1, 0.15) is 5.56 Å². The lowest BCUT2D eigenvalue weighted by Gasteiger charge is -2.10. The molecule has 0 aliphatic carbocycles. The quantitative estimate of drug-likeness (QED) is 0.369. The van der Waals surface area contributed by atoms with E-state index >= 15 is 0 Å². The van der Waals surface area contributed by atoms with E-state index in [0.717, 1.165) is 17.9 Å². The monoisotopic (exact) mass is 407 g/mol. The molecule has 0 radical (unpaired) electrons. The molecule has 150 valence electrons. The van der Waals surface area contributed by atoms with Gasteiger partial charge < -0.3 is 15.4 Å². The maximum absolute atomic E-state index is 11.8. The van der Waals surface area contributed by atoms with E-state index in [1.165, 1.54) is 12.1 Å². The predicted octanol–water partition coefficient (Wildman–Crippen LogP) is 1.91. The van der Waals surface area contributed by atoms with E-state index in [2.05, 4.69) is 10.6 Å². The van der Waals surface area contributed by atoms with Crippen LogP contribution in [0.15, 0.2) is 47.4 Å². The lowest BCUT2D eigenvalue weighted by Crippen LogP contribution is -2.32. The number of hydrogen-bond acceptors (Lipinski definition) is 7. The summed E-state index contributed by atoms with van der Waals surface area (Å²) in [6, 6.07) is 10.9.